The molecule has 150 valence electrons. The Morgan fingerprint density at radius 2 is 1.52 bits per heavy atom. The van der Waals surface area contributed by atoms with E-state index >= 15 is 0 Å². The second-order valence-electron chi connectivity index (χ2n) is 8.03. The van der Waals surface area contributed by atoms with Crippen molar-refractivity contribution in [1.29, 1.82) is 0 Å². The first-order valence-electron chi connectivity index (χ1n) is 10.6. The van der Waals surface area contributed by atoms with E-state index in [2.05, 4.69) is 17.0 Å². The lowest BCUT2D eigenvalue weighted by molar-refractivity contribution is -0.140. The Kier molecular flexibility index (Phi) is 6.09. The van der Waals surface area contributed by atoms with Gasteiger partial charge in [-0.05, 0) is 42.9 Å². The smallest absolute Gasteiger partial charge is 0.246 e. The topological polar surface area (TPSA) is 40.6 Å². The van der Waals surface area contributed by atoms with E-state index in [1.807, 2.05) is 59.5 Å². The molecule has 2 aliphatic rings. The third-order valence-electron chi connectivity index (χ3n) is 5.84. The lowest BCUT2D eigenvalue weighted by Gasteiger charge is -2.34. The summed E-state index contributed by atoms with van der Waals surface area (Å²) in [5.41, 5.74) is 2.21. The van der Waals surface area contributed by atoms with Gasteiger partial charge in [0.1, 0.15) is 0 Å². The highest BCUT2D eigenvalue weighted by Gasteiger charge is 2.37. The van der Waals surface area contributed by atoms with Crippen molar-refractivity contribution in [2.45, 2.75) is 38.3 Å². The number of carbonyl (C=O) groups excluding carboxylic acids is 2. The molecule has 4 rings (SSSR count). The predicted molar refractivity (Wildman–Crippen MR) is 115 cm³/mol. The van der Waals surface area contributed by atoms with Crippen molar-refractivity contribution < 1.29 is 9.59 Å². The van der Waals surface area contributed by atoms with E-state index in [0.29, 0.717) is 25.7 Å². The lowest BCUT2D eigenvalue weighted by Crippen LogP contribution is -2.44. The van der Waals surface area contributed by atoms with E-state index in [-0.39, 0.29) is 17.7 Å². The Labute approximate surface area is 172 Å². The van der Waals surface area contributed by atoms with Gasteiger partial charge in [0.05, 0.1) is 0 Å². The number of hydrogen-bond acceptors (Lipinski definition) is 2. The molecule has 4 nitrogen and oxygen atoms in total. The van der Waals surface area contributed by atoms with Gasteiger partial charge in [0.2, 0.25) is 11.8 Å². The molecular formula is C25H28N2O2. The summed E-state index contributed by atoms with van der Waals surface area (Å²) in [6, 6.07) is 20.5. The van der Waals surface area contributed by atoms with Crippen molar-refractivity contribution in [3.05, 3.63) is 77.9 Å². The van der Waals surface area contributed by atoms with Gasteiger partial charge < -0.3 is 9.80 Å². The van der Waals surface area contributed by atoms with Gasteiger partial charge in [-0.25, -0.2) is 0 Å². The van der Waals surface area contributed by atoms with Gasteiger partial charge in [0.15, 0.2) is 0 Å². The Balaban J connectivity index is 1.31. The zero-order valence-corrected chi connectivity index (χ0v) is 16.7. The van der Waals surface area contributed by atoms with Crippen LogP contribution in [0.5, 0.6) is 0 Å². The second-order valence-corrected chi connectivity index (χ2v) is 8.03. The van der Waals surface area contributed by atoms with Crippen LogP contribution in [0, 0.1) is 5.92 Å². The summed E-state index contributed by atoms with van der Waals surface area (Å²) in [7, 11) is 0. The van der Waals surface area contributed by atoms with Crippen molar-refractivity contribution in [1.82, 2.24) is 9.80 Å². The average molecular weight is 389 g/mol. The summed E-state index contributed by atoms with van der Waals surface area (Å²) in [6.07, 6.45) is 7.22. The molecule has 2 aromatic rings. The molecule has 4 heteroatoms. The molecule has 0 aromatic heterocycles. The van der Waals surface area contributed by atoms with Crippen LogP contribution in [0.2, 0.25) is 0 Å². The Morgan fingerprint density at radius 1 is 0.897 bits per heavy atom. The van der Waals surface area contributed by atoms with Crippen LogP contribution in [0.3, 0.4) is 0 Å². The highest BCUT2D eigenvalue weighted by atomic mass is 16.2. The number of amides is 2. The first kappa shape index (κ1) is 19.4. The minimum absolute atomic E-state index is 0.0291. The van der Waals surface area contributed by atoms with Gasteiger partial charge in [-0.2, -0.15) is 0 Å². The molecule has 1 heterocycles. The first-order valence-corrected chi connectivity index (χ1v) is 10.6. The Hall–Kier alpha value is -2.88. The summed E-state index contributed by atoms with van der Waals surface area (Å²) < 4.78 is 0. The fourth-order valence-corrected chi connectivity index (χ4v) is 3.97. The third-order valence-corrected chi connectivity index (χ3v) is 5.84. The van der Waals surface area contributed by atoms with Gasteiger partial charge in [-0.15, -0.1) is 0 Å². The predicted octanol–water partition coefficient (Wildman–Crippen LogP) is 4.13. The molecule has 0 atom stereocenters. The minimum Gasteiger partial charge on any atom is -0.339 e. The molecule has 2 amide bonds. The maximum atomic E-state index is 13.2. The molecule has 2 fully saturated rings. The van der Waals surface area contributed by atoms with Crippen molar-refractivity contribution in [3.8, 4) is 0 Å². The van der Waals surface area contributed by atoms with Crippen molar-refractivity contribution in [2.75, 3.05) is 13.1 Å². The maximum Gasteiger partial charge on any atom is 0.246 e. The van der Waals surface area contributed by atoms with Gasteiger partial charge in [0, 0.05) is 37.7 Å². The molecule has 0 spiro atoms. The molecule has 1 aliphatic heterocycles. The van der Waals surface area contributed by atoms with Crippen LogP contribution < -0.4 is 0 Å². The molecule has 29 heavy (non-hydrogen) atoms. The molecular weight excluding hydrogens is 360 g/mol. The van der Waals surface area contributed by atoms with Crippen LogP contribution in [0.4, 0.5) is 0 Å². The van der Waals surface area contributed by atoms with Gasteiger partial charge >= 0.3 is 0 Å². The van der Waals surface area contributed by atoms with E-state index in [0.717, 1.165) is 31.2 Å². The fraction of sp³-hybridized carbons (Fsp3) is 0.360. The van der Waals surface area contributed by atoms with E-state index < -0.39 is 0 Å². The third kappa shape index (κ3) is 5.14. The SMILES string of the molecule is O=C(C=Cc1ccccc1)N1CCC(C(=O)N(Cc2ccccc2)C2CC2)CC1. The number of likely N-dealkylation sites (tertiary alicyclic amines) is 1. The average Bonchev–Trinajstić information content (AvgIpc) is 3.62. The number of nitrogens with zero attached hydrogens (tertiary/aromatic N) is 2. The summed E-state index contributed by atoms with van der Waals surface area (Å²) >= 11 is 0. The van der Waals surface area contributed by atoms with E-state index in [1.54, 1.807) is 6.08 Å². The molecule has 1 aliphatic carbocycles. The number of hydrogen-bond donors (Lipinski definition) is 0. The molecule has 0 N–H and O–H groups in total. The molecule has 2 aromatic carbocycles. The number of benzene rings is 2. The number of rotatable bonds is 6. The molecule has 1 saturated heterocycles. The first-order chi connectivity index (χ1) is 14.2. The highest BCUT2D eigenvalue weighted by Crippen LogP contribution is 2.32. The molecule has 0 unspecified atom stereocenters. The van der Waals surface area contributed by atoms with E-state index in [4.69, 9.17) is 0 Å². The number of piperidine rings is 1. The Morgan fingerprint density at radius 3 is 2.14 bits per heavy atom. The highest BCUT2D eigenvalue weighted by molar-refractivity contribution is 5.92. The van der Waals surface area contributed by atoms with Crippen LogP contribution in [-0.2, 0) is 16.1 Å². The molecule has 0 bridgehead atoms. The van der Waals surface area contributed by atoms with Crippen LogP contribution >= 0.6 is 0 Å². The zero-order valence-electron chi connectivity index (χ0n) is 16.7. The van der Waals surface area contributed by atoms with Crippen LogP contribution in [0.25, 0.3) is 6.08 Å². The van der Waals surface area contributed by atoms with Crippen LogP contribution in [0.1, 0.15) is 36.8 Å². The van der Waals surface area contributed by atoms with Crippen molar-refractivity contribution in [2.24, 2.45) is 5.92 Å². The quantitative estimate of drug-likeness (QED) is 0.698. The minimum atomic E-state index is 0.0291. The molecule has 0 radical (unpaired) electrons. The lowest BCUT2D eigenvalue weighted by atomic mass is 9.94. The zero-order chi connectivity index (χ0) is 20.1. The van der Waals surface area contributed by atoms with Gasteiger partial charge in [-0.3, -0.25) is 9.59 Å². The van der Waals surface area contributed by atoms with E-state index in [9.17, 15) is 9.59 Å². The van der Waals surface area contributed by atoms with Crippen molar-refractivity contribution >= 4 is 17.9 Å². The van der Waals surface area contributed by atoms with Gasteiger partial charge in [0.25, 0.3) is 0 Å². The summed E-state index contributed by atoms with van der Waals surface area (Å²) in [4.78, 5) is 29.6. The second kappa shape index (κ2) is 9.08. The Bertz CT molecular complexity index is 851. The summed E-state index contributed by atoms with van der Waals surface area (Å²) in [6.45, 7) is 2.00. The maximum absolute atomic E-state index is 13.2. The monoisotopic (exact) mass is 388 g/mol. The van der Waals surface area contributed by atoms with Gasteiger partial charge in [-0.1, -0.05) is 60.7 Å². The van der Waals surface area contributed by atoms with E-state index in [1.165, 1.54) is 5.56 Å². The summed E-state index contributed by atoms with van der Waals surface area (Å²) in [5, 5.41) is 0. The molecule has 1 saturated carbocycles. The number of carbonyl (C=O) groups is 2. The van der Waals surface area contributed by atoms with Crippen LogP contribution in [-0.4, -0.2) is 40.7 Å². The van der Waals surface area contributed by atoms with Crippen LogP contribution in [0.15, 0.2) is 66.7 Å². The standard InChI is InChI=1S/C25H28N2O2/c28-24(14-11-20-7-3-1-4-8-20)26-17-15-22(16-18-26)25(29)27(23-12-13-23)19-21-9-5-2-6-10-21/h1-11,14,22-23H,12-13,15-19H2. The normalized spacial score (nSPS) is 17.4. The summed E-state index contributed by atoms with van der Waals surface area (Å²) in [5.74, 6) is 0.327. The largest absolute Gasteiger partial charge is 0.339 e. The fourth-order valence-electron chi connectivity index (χ4n) is 3.97. The van der Waals surface area contributed by atoms with Crippen molar-refractivity contribution in [3.63, 3.8) is 0 Å².